The molecule has 10 nitrogen and oxygen atoms in total. The summed E-state index contributed by atoms with van der Waals surface area (Å²) in [6.07, 6.45) is 0.894. The van der Waals surface area contributed by atoms with Crippen LogP contribution in [0, 0.1) is 0 Å². The highest BCUT2D eigenvalue weighted by Gasteiger charge is 2.26. The zero-order valence-corrected chi connectivity index (χ0v) is 20.8. The molecule has 0 radical (unpaired) electrons. The molecule has 3 rings (SSSR count). The third-order valence-corrected chi connectivity index (χ3v) is 5.74. The quantitative estimate of drug-likeness (QED) is 0.246. The first-order valence-electron chi connectivity index (χ1n) is 11.5. The highest BCUT2D eigenvalue weighted by molar-refractivity contribution is 5.82. The lowest BCUT2D eigenvalue weighted by atomic mass is 10.0. The van der Waals surface area contributed by atoms with Gasteiger partial charge in [0.25, 0.3) is 10.9 Å². The van der Waals surface area contributed by atoms with Gasteiger partial charge in [-0.1, -0.05) is 19.1 Å². The Morgan fingerprint density at radius 3 is 2.14 bits per heavy atom. The Hall–Kier alpha value is -4.21. The number of carboxylic acid groups (broad SMARTS) is 1. The third kappa shape index (κ3) is 5.70. The van der Waals surface area contributed by atoms with Gasteiger partial charge in [0.05, 0.1) is 21.3 Å². The van der Waals surface area contributed by atoms with Gasteiger partial charge in [0.15, 0.2) is 11.5 Å². The van der Waals surface area contributed by atoms with Crippen molar-refractivity contribution in [1.29, 1.82) is 0 Å². The maximum absolute atomic E-state index is 12.0. The van der Waals surface area contributed by atoms with Gasteiger partial charge in [-0.3, -0.25) is 9.59 Å². The van der Waals surface area contributed by atoms with Crippen LogP contribution in [0.1, 0.15) is 24.5 Å². The van der Waals surface area contributed by atoms with Crippen LogP contribution < -0.4 is 41.0 Å². The van der Waals surface area contributed by atoms with Crippen molar-refractivity contribution in [3.63, 3.8) is 0 Å². The molecular formula is C26H31N3O7. The van der Waals surface area contributed by atoms with E-state index in [2.05, 4.69) is 16.0 Å². The molecule has 0 bridgehead atoms. The molecule has 0 heterocycles. The van der Waals surface area contributed by atoms with Crippen LogP contribution in [0.3, 0.4) is 0 Å². The molecule has 0 spiro atoms. The minimum Gasteiger partial charge on any atom is -0.493 e. The second kappa shape index (κ2) is 12.0. The maximum atomic E-state index is 12.0. The largest absolute Gasteiger partial charge is 0.493 e. The van der Waals surface area contributed by atoms with E-state index in [1.54, 1.807) is 27.4 Å². The van der Waals surface area contributed by atoms with Crippen LogP contribution in [-0.4, -0.2) is 45.0 Å². The van der Waals surface area contributed by atoms with E-state index in [0.717, 1.165) is 23.2 Å². The number of hydrogen-bond donors (Lipinski definition) is 4. The third-order valence-electron chi connectivity index (χ3n) is 5.74. The number of rotatable bonds is 14. The minimum absolute atomic E-state index is 0.0306. The second-order valence-electron chi connectivity index (χ2n) is 8.12. The first-order valence-corrected chi connectivity index (χ1v) is 11.5. The van der Waals surface area contributed by atoms with Crippen molar-refractivity contribution in [2.75, 3.05) is 43.8 Å². The molecule has 0 saturated carbocycles. The van der Waals surface area contributed by atoms with Crippen LogP contribution >= 0.6 is 0 Å². The smallest absolute Gasteiger partial charge is 0.326 e. The van der Waals surface area contributed by atoms with E-state index >= 15 is 0 Å². The van der Waals surface area contributed by atoms with Crippen molar-refractivity contribution >= 4 is 23.0 Å². The molecule has 0 aliphatic heterocycles. The van der Waals surface area contributed by atoms with Gasteiger partial charge in [-0.25, -0.2) is 4.79 Å². The number of carbonyl (C=O) groups is 1. The lowest BCUT2D eigenvalue weighted by Gasteiger charge is -2.20. The molecule has 0 amide bonds. The predicted molar refractivity (Wildman–Crippen MR) is 139 cm³/mol. The Balaban J connectivity index is 1.67. The van der Waals surface area contributed by atoms with Crippen LogP contribution in [0.5, 0.6) is 17.2 Å². The maximum Gasteiger partial charge on any atom is 0.326 e. The van der Waals surface area contributed by atoms with E-state index in [0.29, 0.717) is 30.3 Å². The van der Waals surface area contributed by atoms with Crippen molar-refractivity contribution in [3.8, 4) is 17.2 Å². The summed E-state index contributed by atoms with van der Waals surface area (Å²) in [7, 11) is 4.67. The summed E-state index contributed by atoms with van der Waals surface area (Å²) < 4.78 is 16.2. The molecule has 3 aromatic rings. The summed E-state index contributed by atoms with van der Waals surface area (Å²) in [5, 5.41) is 18.6. The molecule has 0 aliphatic rings. The van der Waals surface area contributed by atoms with E-state index in [1.807, 2.05) is 37.3 Å². The molecule has 0 aliphatic carbocycles. The van der Waals surface area contributed by atoms with Crippen LogP contribution in [0.4, 0.5) is 17.1 Å². The first kappa shape index (κ1) is 26.4. The lowest BCUT2D eigenvalue weighted by Crippen LogP contribution is -2.42. The highest BCUT2D eigenvalue weighted by Crippen LogP contribution is 2.39. The molecular weight excluding hydrogens is 466 g/mol. The van der Waals surface area contributed by atoms with Gasteiger partial charge in [-0.15, -0.1) is 0 Å². The number of aliphatic carboxylic acids is 1. The summed E-state index contributed by atoms with van der Waals surface area (Å²) >= 11 is 0. The molecule has 1 atom stereocenters. The minimum atomic E-state index is -1.12. The number of anilines is 3. The van der Waals surface area contributed by atoms with Crippen LogP contribution in [0.25, 0.3) is 0 Å². The Kier molecular flexibility index (Phi) is 8.77. The standard InChI is InChI=1S/C26H31N3O7/c1-5-12-27-20-21(23(31)22(20)30)29-18(26(32)33)13-15-6-9-17(10-7-15)28-14-16-8-11-19(34-2)25(36-4)24(16)35-3/h6-11,18,27-29H,5,12-14H2,1-4H3,(H,32,33)/t18-/m0/s1. The molecule has 4 N–H and O–H groups in total. The van der Waals surface area contributed by atoms with Gasteiger partial charge in [-0.2, -0.15) is 0 Å². The van der Waals surface area contributed by atoms with Crippen molar-refractivity contribution in [2.45, 2.75) is 32.4 Å². The molecule has 0 unspecified atom stereocenters. The Morgan fingerprint density at radius 1 is 0.889 bits per heavy atom. The lowest BCUT2D eigenvalue weighted by molar-refractivity contribution is -0.137. The molecule has 0 fully saturated rings. The molecule has 0 saturated heterocycles. The van der Waals surface area contributed by atoms with Gasteiger partial charge < -0.3 is 35.3 Å². The van der Waals surface area contributed by atoms with Gasteiger partial charge >= 0.3 is 5.97 Å². The van der Waals surface area contributed by atoms with Crippen LogP contribution in [0.2, 0.25) is 0 Å². The van der Waals surface area contributed by atoms with Gasteiger partial charge in [0.2, 0.25) is 5.75 Å². The summed E-state index contributed by atoms with van der Waals surface area (Å²) in [5.74, 6) is 0.535. The Labute approximate surface area is 208 Å². The monoisotopic (exact) mass is 497 g/mol. The van der Waals surface area contributed by atoms with Gasteiger partial charge in [0.1, 0.15) is 17.4 Å². The van der Waals surface area contributed by atoms with E-state index < -0.39 is 22.9 Å². The van der Waals surface area contributed by atoms with Crippen LogP contribution in [-0.2, 0) is 17.8 Å². The SMILES string of the molecule is CCCNc1c(N[C@@H](Cc2ccc(NCc3ccc(OC)c(OC)c3OC)cc2)C(=O)O)c(=O)c1=O. The molecule has 0 aromatic heterocycles. The highest BCUT2D eigenvalue weighted by atomic mass is 16.5. The van der Waals surface area contributed by atoms with Gasteiger partial charge in [-0.05, 0) is 36.2 Å². The fraction of sp³-hybridized carbons (Fsp3) is 0.346. The molecule has 3 aromatic carbocycles. The molecule has 36 heavy (non-hydrogen) atoms. The van der Waals surface area contributed by atoms with Crippen molar-refractivity contribution in [3.05, 3.63) is 68.0 Å². The number of ether oxygens (including phenoxy) is 3. The molecule has 192 valence electrons. The molecule has 10 heteroatoms. The van der Waals surface area contributed by atoms with Crippen molar-refractivity contribution in [1.82, 2.24) is 0 Å². The van der Waals surface area contributed by atoms with E-state index in [1.165, 1.54) is 0 Å². The Bertz CT molecular complexity index is 1260. The normalized spacial score (nSPS) is 11.6. The number of benzene rings is 2. The average molecular weight is 498 g/mol. The van der Waals surface area contributed by atoms with E-state index in [9.17, 15) is 19.5 Å². The van der Waals surface area contributed by atoms with Crippen molar-refractivity contribution < 1.29 is 24.1 Å². The summed E-state index contributed by atoms with van der Waals surface area (Å²) in [6.45, 7) is 2.90. The van der Waals surface area contributed by atoms with E-state index in [4.69, 9.17) is 14.2 Å². The Morgan fingerprint density at radius 2 is 1.56 bits per heavy atom. The van der Waals surface area contributed by atoms with Crippen molar-refractivity contribution in [2.24, 2.45) is 0 Å². The number of nitrogens with one attached hydrogen (secondary N) is 3. The number of hydrogen-bond acceptors (Lipinski definition) is 9. The number of methoxy groups -OCH3 is 3. The first-order chi connectivity index (χ1) is 17.3. The number of carboxylic acids is 1. The fourth-order valence-corrected chi connectivity index (χ4v) is 3.82. The topological polar surface area (TPSA) is 135 Å². The summed E-state index contributed by atoms with van der Waals surface area (Å²) in [4.78, 5) is 35.6. The zero-order chi connectivity index (χ0) is 26.2. The average Bonchev–Trinajstić information content (AvgIpc) is 2.90. The predicted octanol–water partition coefficient (Wildman–Crippen LogP) is 2.85. The summed E-state index contributed by atoms with van der Waals surface area (Å²) in [6, 6.07) is 9.92. The van der Waals surface area contributed by atoms with Crippen LogP contribution in [0.15, 0.2) is 46.0 Å². The summed E-state index contributed by atoms with van der Waals surface area (Å²) in [5.41, 5.74) is 1.30. The van der Waals surface area contributed by atoms with E-state index in [-0.39, 0.29) is 17.8 Å². The zero-order valence-electron chi connectivity index (χ0n) is 20.8. The fourth-order valence-electron chi connectivity index (χ4n) is 3.82. The second-order valence-corrected chi connectivity index (χ2v) is 8.12. The van der Waals surface area contributed by atoms with Gasteiger partial charge in [0, 0.05) is 30.8 Å².